The zero-order valence-electron chi connectivity index (χ0n) is 12.0. The molecular weight excluding hydrogens is 278 g/mol. The van der Waals surface area contributed by atoms with E-state index in [-0.39, 0.29) is 17.8 Å². The molecule has 2 saturated heterocycles. The SMILES string of the molecule is C=C1C(=O)N[C@@]2(CCOC2=O)[C@@H]1c1ccc2ccccc2c1. The lowest BCUT2D eigenvalue weighted by atomic mass is 9.77. The molecule has 22 heavy (non-hydrogen) atoms. The molecule has 2 heterocycles. The van der Waals surface area contributed by atoms with Gasteiger partial charge in [0.15, 0.2) is 5.54 Å². The smallest absolute Gasteiger partial charge is 0.333 e. The van der Waals surface area contributed by atoms with E-state index in [1.54, 1.807) is 0 Å². The molecule has 2 fully saturated rings. The average Bonchev–Trinajstić information content (AvgIpc) is 3.00. The largest absolute Gasteiger partial charge is 0.464 e. The van der Waals surface area contributed by atoms with E-state index < -0.39 is 5.54 Å². The standard InChI is InChI=1S/C18H15NO3/c1-11-15(18(19-16(11)20)8-9-22-17(18)21)14-7-6-12-4-2-3-5-13(12)10-14/h2-7,10,15H,1,8-9H2,(H,19,20)/t15-,18-/m0/s1. The minimum atomic E-state index is -0.989. The summed E-state index contributed by atoms with van der Waals surface area (Å²) < 4.78 is 5.13. The molecule has 1 spiro atoms. The average molecular weight is 293 g/mol. The Morgan fingerprint density at radius 2 is 1.91 bits per heavy atom. The van der Waals surface area contributed by atoms with Gasteiger partial charge in [0.2, 0.25) is 5.91 Å². The summed E-state index contributed by atoms with van der Waals surface area (Å²) in [4.78, 5) is 24.4. The quantitative estimate of drug-likeness (QED) is 0.648. The molecule has 4 heteroatoms. The third-order valence-electron chi connectivity index (χ3n) is 4.67. The van der Waals surface area contributed by atoms with Crippen LogP contribution in [0.25, 0.3) is 10.8 Å². The predicted octanol–water partition coefficient (Wildman–Crippen LogP) is 2.30. The molecule has 110 valence electrons. The Labute approximate surface area is 127 Å². The van der Waals surface area contributed by atoms with Crippen molar-refractivity contribution in [3.8, 4) is 0 Å². The number of hydrogen-bond acceptors (Lipinski definition) is 3. The van der Waals surface area contributed by atoms with Gasteiger partial charge < -0.3 is 10.1 Å². The fourth-order valence-corrected chi connectivity index (χ4v) is 3.57. The van der Waals surface area contributed by atoms with Crippen molar-refractivity contribution in [3.05, 3.63) is 60.2 Å². The van der Waals surface area contributed by atoms with E-state index in [0.717, 1.165) is 16.3 Å². The zero-order chi connectivity index (χ0) is 15.3. The second-order valence-electron chi connectivity index (χ2n) is 5.88. The van der Waals surface area contributed by atoms with Gasteiger partial charge in [0.1, 0.15) is 0 Å². The topological polar surface area (TPSA) is 55.4 Å². The summed E-state index contributed by atoms with van der Waals surface area (Å²) in [6, 6.07) is 14.0. The number of carbonyl (C=O) groups excluding carboxylic acids is 2. The molecule has 2 aliphatic rings. The van der Waals surface area contributed by atoms with Crippen LogP contribution in [-0.4, -0.2) is 24.0 Å². The Bertz CT molecular complexity index is 826. The van der Waals surface area contributed by atoms with E-state index in [4.69, 9.17) is 4.74 Å². The number of carbonyl (C=O) groups is 2. The Hall–Kier alpha value is -2.62. The maximum Gasteiger partial charge on any atom is 0.333 e. The molecule has 0 saturated carbocycles. The van der Waals surface area contributed by atoms with E-state index in [1.165, 1.54) is 0 Å². The number of ether oxygens (including phenoxy) is 1. The molecule has 1 amide bonds. The van der Waals surface area contributed by atoms with E-state index in [0.29, 0.717) is 18.6 Å². The van der Waals surface area contributed by atoms with Gasteiger partial charge in [-0.25, -0.2) is 4.79 Å². The molecule has 0 aliphatic carbocycles. The van der Waals surface area contributed by atoms with Crippen LogP contribution in [0.5, 0.6) is 0 Å². The van der Waals surface area contributed by atoms with Gasteiger partial charge in [-0.05, 0) is 16.3 Å². The molecule has 0 bridgehead atoms. The summed E-state index contributed by atoms with van der Waals surface area (Å²) in [6.07, 6.45) is 0.480. The summed E-state index contributed by atoms with van der Waals surface area (Å²) >= 11 is 0. The normalized spacial score (nSPS) is 27.5. The third-order valence-corrected chi connectivity index (χ3v) is 4.67. The first-order valence-corrected chi connectivity index (χ1v) is 7.29. The summed E-state index contributed by atoms with van der Waals surface area (Å²) in [6.45, 7) is 4.24. The summed E-state index contributed by atoms with van der Waals surface area (Å²) in [5.74, 6) is -1.01. The number of hydrogen-bond donors (Lipinski definition) is 1. The number of fused-ring (bicyclic) bond motifs is 1. The highest BCUT2D eigenvalue weighted by Crippen LogP contribution is 2.45. The van der Waals surface area contributed by atoms with E-state index in [1.807, 2.05) is 42.5 Å². The van der Waals surface area contributed by atoms with E-state index >= 15 is 0 Å². The molecule has 0 radical (unpaired) electrons. The first-order chi connectivity index (χ1) is 10.6. The number of esters is 1. The van der Waals surface area contributed by atoms with Gasteiger partial charge >= 0.3 is 5.97 Å². The Balaban J connectivity index is 1.88. The lowest BCUT2D eigenvalue weighted by Crippen LogP contribution is -2.49. The maximum absolute atomic E-state index is 12.3. The van der Waals surface area contributed by atoms with Crippen LogP contribution in [0, 0.1) is 0 Å². The summed E-state index contributed by atoms with van der Waals surface area (Å²) in [5.41, 5.74) is 0.353. The highest BCUT2D eigenvalue weighted by atomic mass is 16.5. The van der Waals surface area contributed by atoms with E-state index in [9.17, 15) is 9.59 Å². The molecule has 0 aromatic heterocycles. The van der Waals surface area contributed by atoms with Crippen LogP contribution >= 0.6 is 0 Å². The molecule has 0 unspecified atom stereocenters. The van der Waals surface area contributed by atoms with Gasteiger partial charge in [0, 0.05) is 17.9 Å². The monoisotopic (exact) mass is 293 g/mol. The highest BCUT2D eigenvalue weighted by Gasteiger charge is 2.58. The molecule has 2 aliphatic heterocycles. The Morgan fingerprint density at radius 3 is 2.64 bits per heavy atom. The van der Waals surface area contributed by atoms with Crippen LogP contribution in [0.4, 0.5) is 0 Å². The van der Waals surface area contributed by atoms with Crippen molar-refractivity contribution in [2.75, 3.05) is 6.61 Å². The minimum absolute atomic E-state index is 0.267. The number of amides is 1. The molecule has 2 aromatic carbocycles. The minimum Gasteiger partial charge on any atom is -0.464 e. The number of nitrogens with one attached hydrogen (secondary N) is 1. The summed E-state index contributed by atoms with van der Waals surface area (Å²) in [5, 5.41) is 5.01. The first kappa shape index (κ1) is 13.1. The van der Waals surface area contributed by atoms with Gasteiger partial charge in [-0.3, -0.25) is 4.79 Å². The molecule has 2 atom stereocenters. The predicted molar refractivity (Wildman–Crippen MR) is 82.3 cm³/mol. The molecular formula is C18H15NO3. The Morgan fingerprint density at radius 1 is 1.14 bits per heavy atom. The van der Waals surface area contributed by atoms with Crippen molar-refractivity contribution in [1.82, 2.24) is 5.32 Å². The molecule has 4 nitrogen and oxygen atoms in total. The van der Waals surface area contributed by atoms with Crippen LogP contribution in [0.3, 0.4) is 0 Å². The van der Waals surface area contributed by atoms with Crippen molar-refractivity contribution in [2.24, 2.45) is 0 Å². The van der Waals surface area contributed by atoms with Crippen LogP contribution < -0.4 is 5.32 Å². The van der Waals surface area contributed by atoms with E-state index in [2.05, 4.69) is 11.9 Å². The second-order valence-corrected chi connectivity index (χ2v) is 5.88. The van der Waals surface area contributed by atoms with Gasteiger partial charge in [-0.15, -0.1) is 0 Å². The van der Waals surface area contributed by atoms with Crippen molar-refractivity contribution in [1.29, 1.82) is 0 Å². The van der Waals surface area contributed by atoms with Gasteiger partial charge in [0.05, 0.1) is 6.61 Å². The van der Waals surface area contributed by atoms with Gasteiger partial charge in [-0.1, -0.05) is 49.0 Å². The highest BCUT2D eigenvalue weighted by molar-refractivity contribution is 6.05. The third kappa shape index (κ3) is 1.64. The van der Waals surface area contributed by atoms with Crippen LogP contribution in [0.2, 0.25) is 0 Å². The Kier molecular flexibility index (Phi) is 2.64. The van der Waals surface area contributed by atoms with Crippen molar-refractivity contribution in [3.63, 3.8) is 0 Å². The first-order valence-electron chi connectivity index (χ1n) is 7.29. The number of rotatable bonds is 1. The maximum atomic E-state index is 12.3. The zero-order valence-corrected chi connectivity index (χ0v) is 12.0. The van der Waals surface area contributed by atoms with Crippen molar-refractivity contribution >= 4 is 22.6 Å². The number of benzene rings is 2. The van der Waals surface area contributed by atoms with Crippen molar-refractivity contribution < 1.29 is 14.3 Å². The number of cyclic esters (lactones) is 1. The van der Waals surface area contributed by atoms with Crippen LogP contribution in [-0.2, 0) is 14.3 Å². The van der Waals surface area contributed by atoms with Gasteiger partial charge in [0.25, 0.3) is 0 Å². The molecule has 2 aromatic rings. The molecule has 1 N–H and O–H groups in total. The van der Waals surface area contributed by atoms with Crippen molar-refractivity contribution in [2.45, 2.75) is 17.9 Å². The van der Waals surface area contributed by atoms with Crippen LogP contribution in [0.15, 0.2) is 54.6 Å². The van der Waals surface area contributed by atoms with Crippen LogP contribution in [0.1, 0.15) is 17.9 Å². The fourth-order valence-electron chi connectivity index (χ4n) is 3.57. The lowest BCUT2D eigenvalue weighted by Gasteiger charge is -2.26. The molecule has 4 rings (SSSR count). The lowest BCUT2D eigenvalue weighted by molar-refractivity contribution is -0.144. The van der Waals surface area contributed by atoms with Gasteiger partial charge in [-0.2, -0.15) is 0 Å². The summed E-state index contributed by atoms with van der Waals surface area (Å²) in [7, 11) is 0. The second kappa shape index (κ2) is 4.44. The fraction of sp³-hybridized carbons (Fsp3) is 0.222.